The molecule has 1 aliphatic carbocycles. The Hall–Kier alpha value is -0.780. The van der Waals surface area contributed by atoms with E-state index in [2.05, 4.69) is 27.7 Å². The third-order valence-corrected chi connectivity index (χ3v) is 3.63. The van der Waals surface area contributed by atoms with Crippen molar-refractivity contribution in [3.05, 3.63) is 35.9 Å². The fraction of sp³-hybridized carbons (Fsp3) is 0.714. The highest BCUT2D eigenvalue weighted by Crippen LogP contribution is 2.28. The van der Waals surface area contributed by atoms with Gasteiger partial charge in [-0.15, -0.1) is 0 Å². The van der Waals surface area contributed by atoms with Crippen LogP contribution in [0.2, 0.25) is 0 Å². The first-order valence-electron chi connectivity index (χ1n) is 9.48. The SMILES string of the molecule is C.[3H]C(C(C)C)C1CCCCC1.[3H]C(c1ccccc1)C(C)C. The molecule has 2 atom stereocenters. The van der Waals surface area contributed by atoms with E-state index in [0.29, 0.717) is 17.8 Å². The Morgan fingerprint density at radius 3 is 2.00 bits per heavy atom. The molecule has 0 amide bonds. The second-order valence-electron chi connectivity index (χ2n) is 6.66. The summed E-state index contributed by atoms with van der Waals surface area (Å²) in [6.07, 6.45) is 6.89. The van der Waals surface area contributed by atoms with Crippen molar-refractivity contribution in [3.63, 3.8) is 0 Å². The van der Waals surface area contributed by atoms with Gasteiger partial charge in [-0.05, 0) is 36.1 Å². The number of benzene rings is 1. The van der Waals surface area contributed by atoms with E-state index in [-0.39, 0.29) is 20.2 Å². The quantitative estimate of drug-likeness (QED) is 0.554. The Balaban J connectivity index is 0.000000403. The summed E-state index contributed by atoms with van der Waals surface area (Å²) in [5.74, 6) is 1.67. The standard InChI is InChI=1S/C10H20.C10H14.CH4/c2*1-9(2)8-10-6-4-3-5-7-10;/h9-10H,3-8H2,1-2H3;3-7,9H,8H2,1-2H3;1H4/i2*8T;. The van der Waals surface area contributed by atoms with Crippen LogP contribution in [0.4, 0.5) is 0 Å². The second-order valence-corrected chi connectivity index (χ2v) is 6.66. The van der Waals surface area contributed by atoms with E-state index in [0.717, 1.165) is 5.56 Å². The molecule has 0 N–H and O–H groups in total. The van der Waals surface area contributed by atoms with Crippen LogP contribution in [0.5, 0.6) is 0 Å². The van der Waals surface area contributed by atoms with Gasteiger partial charge in [-0.3, -0.25) is 0 Å². The zero-order valence-corrected chi connectivity index (χ0v) is 13.8. The molecule has 21 heavy (non-hydrogen) atoms. The van der Waals surface area contributed by atoms with Gasteiger partial charge >= 0.3 is 0 Å². The monoisotopic (exact) mass is 294 g/mol. The lowest BCUT2D eigenvalue weighted by molar-refractivity contribution is 0.305. The summed E-state index contributed by atoms with van der Waals surface area (Å²) in [5.41, 5.74) is 1.11. The van der Waals surface area contributed by atoms with Gasteiger partial charge in [0, 0.05) is 2.74 Å². The molecule has 0 aromatic heterocycles. The van der Waals surface area contributed by atoms with Gasteiger partial charge in [0.2, 0.25) is 0 Å². The Kier molecular flexibility index (Phi) is 9.35. The molecule has 0 heteroatoms. The molecule has 0 bridgehead atoms. The van der Waals surface area contributed by atoms with E-state index in [4.69, 9.17) is 2.74 Å². The van der Waals surface area contributed by atoms with E-state index in [9.17, 15) is 0 Å². The Bertz CT molecular complexity index is 380. The molecule has 1 aromatic rings. The van der Waals surface area contributed by atoms with Gasteiger partial charge < -0.3 is 0 Å². The van der Waals surface area contributed by atoms with Crippen molar-refractivity contribution in [1.29, 1.82) is 0 Å². The molecule has 0 nitrogen and oxygen atoms in total. The largest absolute Gasteiger partial charge is 0.0776 e. The Morgan fingerprint density at radius 2 is 1.52 bits per heavy atom. The van der Waals surface area contributed by atoms with Crippen LogP contribution in [0.25, 0.3) is 0 Å². The topological polar surface area (TPSA) is 0 Å². The van der Waals surface area contributed by atoms with Crippen LogP contribution in [0.3, 0.4) is 0 Å². The number of rotatable bonds is 4. The lowest BCUT2D eigenvalue weighted by atomic mass is 9.84. The van der Waals surface area contributed by atoms with Gasteiger partial charge in [-0.1, -0.05) is 97.6 Å². The fourth-order valence-electron chi connectivity index (χ4n) is 2.82. The second kappa shape index (κ2) is 11.8. The summed E-state index contributed by atoms with van der Waals surface area (Å²) in [6, 6.07) is 9.98. The zero-order chi connectivity index (χ0) is 16.5. The summed E-state index contributed by atoms with van der Waals surface area (Å²) in [5, 5.41) is 0. The van der Waals surface area contributed by atoms with Crippen molar-refractivity contribution >= 4 is 0 Å². The molecular weight excluding hydrogens is 252 g/mol. The molecule has 0 heterocycles. The minimum atomic E-state index is -0.0730. The summed E-state index contributed by atoms with van der Waals surface area (Å²) in [4.78, 5) is 0. The molecule has 122 valence electrons. The predicted molar refractivity (Wildman–Crippen MR) is 97.7 cm³/mol. The van der Waals surface area contributed by atoms with Gasteiger partial charge in [-0.2, -0.15) is 0 Å². The molecule has 2 rings (SSSR count). The van der Waals surface area contributed by atoms with Gasteiger partial charge in [0.25, 0.3) is 0 Å². The summed E-state index contributed by atoms with van der Waals surface area (Å²) < 4.78 is 15.7. The predicted octanol–water partition coefficient (Wildman–Crippen LogP) is 7.13. The highest BCUT2D eigenvalue weighted by atomic mass is 14.2. The molecular formula is C21H38. The Labute approximate surface area is 137 Å². The van der Waals surface area contributed by atoms with Crippen molar-refractivity contribution in [2.75, 3.05) is 0 Å². The van der Waals surface area contributed by atoms with Crippen LogP contribution in [0.15, 0.2) is 30.3 Å². The molecule has 1 saturated carbocycles. The lowest BCUT2D eigenvalue weighted by Gasteiger charge is -2.22. The lowest BCUT2D eigenvalue weighted by Crippen LogP contribution is -2.08. The van der Waals surface area contributed by atoms with E-state index < -0.39 is 0 Å². The average molecular weight is 295 g/mol. The normalized spacial score (nSPS) is 19.7. The molecule has 0 radical (unpaired) electrons. The first-order valence-corrected chi connectivity index (χ1v) is 8.33. The van der Waals surface area contributed by atoms with Crippen molar-refractivity contribution < 1.29 is 2.74 Å². The van der Waals surface area contributed by atoms with Crippen LogP contribution in [0, 0.1) is 17.8 Å². The molecule has 0 saturated heterocycles. The highest BCUT2D eigenvalue weighted by Gasteiger charge is 2.13. The highest BCUT2D eigenvalue weighted by molar-refractivity contribution is 5.14. The van der Waals surface area contributed by atoms with Gasteiger partial charge in [0.15, 0.2) is 0 Å². The molecule has 1 aromatic carbocycles. The molecule has 1 aliphatic rings. The van der Waals surface area contributed by atoms with Gasteiger partial charge in [-0.25, -0.2) is 0 Å². The molecule has 2 unspecified atom stereocenters. The summed E-state index contributed by atoms with van der Waals surface area (Å²) >= 11 is 0. The maximum Gasteiger partial charge on any atom is 0.0319 e. The number of hydrogen-bond acceptors (Lipinski definition) is 0. The minimum absolute atomic E-state index is 0. The van der Waals surface area contributed by atoms with Crippen LogP contribution in [0.1, 0.15) is 81.9 Å². The fourth-order valence-corrected chi connectivity index (χ4v) is 2.82. The molecule has 0 spiro atoms. The van der Waals surface area contributed by atoms with E-state index in [1.807, 2.05) is 30.3 Å². The summed E-state index contributed by atoms with van der Waals surface area (Å²) in [7, 11) is 0. The minimum Gasteiger partial charge on any atom is -0.0776 e. The van der Waals surface area contributed by atoms with Crippen molar-refractivity contribution in [3.8, 4) is 0 Å². The van der Waals surface area contributed by atoms with Crippen molar-refractivity contribution in [1.82, 2.24) is 0 Å². The maximum atomic E-state index is 7.92. The number of hydrogen-bond donors (Lipinski definition) is 0. The van der Waals surface area contributed by atoms with Crippen LogP contribution < -0.4 is 0 Å². The maximum absolute atomic E-state index is 7.92. The van der Waals surface area contributed by atoms with Crippen LogP contribution in [-0.4, -0.2) is 0 Å². The van der Waals surface area contributed by atoms with Gasteiger partial charge in [0.1, 0.15) is 0 Å². The third kappa shape index (κ3) is 10.6. The third-order valence-electron chi connectivity index (χ3n) is 3.63. The molecule has 0 aliphatic heterocycles. The first-order chi connectivity index (χ1) is 10.4. The van der Waals surface area contributed by atoms with Crippen molar-refractivity contribution in [2.24, 2.45) is 17.8 Å². The summed E-state index contributed by atoms with van der Waals surface area (Å²) in [6.45, 7) is 8.49. The van der Waals surface area contributed by atoms with E-state index >= 15 is 0 Å². The van der Waals surface area contributed by atoms with E-state index in [1.54, 1.807) is 0 Å². The van der Waals surface area contributed by atoms with Crippen LogP contribution in [-0.2, 0) is 6.40 Å². The van der Waals surface area contributed by atoms with Crippen LogP contribution >= 0.6 is 0 Å². The average Bonchev–Trinajstić information content (AvgIpc) is 2.55. The Morgan fingerprint density at radius 1 is 0.952 bits per heavy atom. The van der Waals surface area contributed by atoms with E-state index in [1.165, 1.54) is 32.1 Å². The van der Waals surface area contributed by atoms with Gasteiger partial charge in [0.05, 0.1) is 0 Å². The zero-order valence-electron chi connectivity index (χ0n) is 15.8. The van der Waals surface area contributed by atoms with Crippen molar-refractivity contribution in [2.45, 2.75) is 80.0 Å². The smallest absolute Gasteiger partial charge is 0.0319 e. The molecule has 1 fully saturated rings. The first kappa shape index (κ1) is 16.6.